The van der Waals surface area contributed by atoms with Crippen molar-refractivity contribution in [2.75, 3.05) is 0 Å². The zero-order chi connectivity index (χ0) is 14.3. The van der Waals surface area contributed by atoms with Crippen LogP contribution in [-0.4, -0.2) is 19.7 Å². The topological polar surface area (TPSA) is 46.5 Å². The molecule has 0 saturated carbocycles. The van der Waals surface area contributed by atoms with E-state index in [0.717, 1.165) is 22.4 Å². The Hall–Kier alpha value is -1.72. The lowest BCUT2D eigenvalue weighted by molar-refractivity contribution is 0.745. The van der Waals surface area contributed by atoms with Crippen molar-refractivity contribution in [3.05, 3.63) is 46.1 Å². The Bertz CT molecular complexity index is 835. The van der Waals surface area contributed by atoms with Gasteiger partial charge in [0.05, 0.1) is 16.2 Å². The molecule has 20 heavy (non-hydrogen) atoms. The molecule has 3 rings (SSSR count). The number of hydrogen-bond acceptors (Lipinski definition) is 3. The molecule has 4 nitrogen and oxygen atoms in total. The first-order valence-electron chi connectivity index (χ1n) is 6.30. The van der Waals surface area contributed by atoms with Crippen molar-refractivity contribution in [3.63, 3.8) is 0 Å². The third kappa shape index (κ3) is 2.03. The molecule has 6 heteroatoms. The molecule has 0 saturated heterocycles. The van der Waals surface area contributed by atoms with E-state index in [0.29, 0.717) is 9.79 Å². The van der Waals surface area contributed by atoms with Gasteiger partial charge in [-0.05, 0) is 36.5 Å². The van der Waals surface area contributed by atoms with Crippen LogP contribution in [-0.2, 0) is 0 Å². The second kappa shape index (κ2) is 5.00. The highest BCUT2D eigenvalue weighted by atomic mass is 35.5. The van der Waals surface area contributed by atoms with Gasteiger partial charge in [-0.25, -0.2) is 0 Å². The summed E-state index contributed by atoms with van der Waals surface area (Å²) in [4.78, 5) is 4.45. The fraction of sp³-hybridized carbons (Fsp3) is 0.214. The number of fused-ring (bicyclic) bond motifs is 1. The van der Waals surface area contributed by atoms with Crippen molar-refractivity contribution in [2.24, 2.45) is 0 Å². The molecular weight excluding hydrogens is 292 g/mol. The number of aromatic amines is 1. The molecule has 102 valence electrons. The first-order valence-corrected chi connectivity index (χ1v) is 7.09. The highest BCUT2D eigenvalue weighted by Crippen LogP contribution is 2.29. The first kappa shape index (κ1) is 13.3. The van der Waals surface area contributed by atoms with Crippen LogP contribution in [0.4, 0.5) is 0 Å². The third-order valence-electron chi connectivity index (χ3n) is 3.15. The second-order valence-corrected chi connectivity index (χ2v) is 5.64. The molecule has 0 unspecified atom stereocenters. The lowest BCUT2D eigenvalue weighted by Gasteiger charge is -2.12. The minimum atomic E-state index is 0.248. The van der Waals surface area contributed by atoms with E-state index in [4.69, 9.17) is 23.8 Å². The predicted octanol–water partition coefficient (Wildman–Crippen LogP) is 4.25. The molecule has 0 aliphatic carbocycles. The molecular formula is C14H13ClN4S. The Labute approximate surface area is 126 Å². The number of benzene rings is 1. The van der Waals surface area contributed by atoms with E-state index in [1.54, 1.807) is 6.20 Å². The van der Waals surface area contributed by atoms with Gasteiger partial charge in [-0.15, -0.1) is 0 Å². The van der Waals surface area contributed by atoms with Crippen molar-refractivity contribution in [3.8, 4) is 5.69 Å². The van der Waals surface area contributed by atoms with Crippen LogP contribution >= 0.6 is 23.8 Å². The van der Waals surface area contributed by atoms with E-state index < -0.39 is 0 Å². The highest BCUT2D eigenvalue weighted by molar-refractivity contribution is 7.71. The monoisotopic (exact) mass is 304 g/mol. The van der Waals surface area contributed by atoms with Gasteiger partial charge in [0.1, 0.15) is 5.82 Å². The fourth-order valence-electron chi connectivity index (χ4n) is 2.23. The minimum Gasteiger partial charge on any atom is -0.270 e. The van der Waals surface area contributed by atoms with Gasteiger partial charge in [0, 0.05) is 17.5 Å². The summed E-state index contributed by atoms with van der Waals surface area (Å²) < 4.78 is 2.48. The summed E-state index contributed by atoms with van der Waals surface area (Å²) in [6.45, 7) is 4.15. The fourth-order valence-corrected chi connectivity index (χ4v) is 2.69. The molecule has 0 amide bonds. The first-order chi connectivity index (χ1) is 9.59. The number of halogens is 1. The van der Waals surface area contributed by atoms with Crippen LogP contribution in [0, 0.1) is 4.77 Å². The van der Waals surface area contributed by atoms with Crippen LogP contribution in [0.25, 0.3) is 16.6 Å². The number of rotatable bonds is 2. The Balaban J connectivity index is 2.39. The normalized spacial score (nSPS) is 11.4. The SMILES string of the molecule is CC(C)c1n[nH]c(=S)n1-c1ccc(Cl)c2cccnc12. The number of aromatic nitrogens is 4. The molecule has 0 aliphatic rings. The molecule has 2 heterocycles. The Morgan fingerprint density at radius 3 is 2.85 bits per heavy atom. The molecule has 0 spiro atoms. The molecule has 0 radical (unpaired) electrons. The average molecular weight is 305 g/mol. The maximum Gasteiger partial charge on any atom is 0.199 e. The van der Waals surface area contributed by atoms with Crippen LogP contribution in [0.5, 0.6) is 0 Å². The third-order valence-corrected chi connectivity index (χ3v) is 3.75. The van der Waals surface area contributed by atoms with E-state index >= 15 is 0 Å². The summed E-state index contributed by atoms with van der Waals surface area (Å²) in [5, 5.41) is 8.74. The van der Waals surface area contributed by atoms with Crippen molar-refractivity contribution in [1.82, 2.24) is 19.7 Å². The van der Waals surface area contributed by atoms with Gasteiger partial charge in [0.2, 0.25) is 0 Å². The molecule has 1 N–H and O–H groups in total. The van der Waals surface area contributed by atoms with E-state index in [2.05, 4.69) is 29.0 Å². The summed E-state index contributed by atoms with van der Waals surface area (Å²) in [5.74, 6) is 1.13. The van der Waals surface area contributed by atoms with E-state index in [9.17, 15) is 0 Å². The molecule has 0 fully saturated rings. The summed E-state index contributed by atoms with van der Waals surface area (Å²) in [6, 6.07) is 7.61. The maximum absolute atomic E-state index is 6.23. The Morgan fingerprint density at radius 2 is 2.10 bits per heavy atom. The standard InChI is InChI=1S/C14H13ClN4S/c1-8(2)13-17-18-14(20)19(13)11-6-5-10(15)9-4-3-7-16-12(9)11/h3-8H,1-2H3,(H,18,20). The number of pyridine rings is 1. The average Bonchev–Trinajstić information content (AvgIpc) is 2.82. The van der Waals surface area contributed by atoms with Gasteiger partial charge in [-0.3, -0.25) is 14.6 Å². The van der Waals surface area contributed by atoms with Crippen molar-refractivity contribution < 1.29 is 0 Å². The van der Waals surface area contributed by atoms with Crippen LogP contribution in [0.1, 0.15) is 25.6 Å². The quantitative estimate of drug-likeness (QED) is 0.720. The molecule has 0 bridgehead atoms. The van der Waals surface area contributed by atoms with Crippen molar-refractivity contribution in [2.45, 2.75) is 19.8 Å². The van der Waals surface area contributed by atoms with Gasteiger partial charge in [-0.2, -0.15) is 5.10 Å². The van der Waals surface area contributed by atoms with Crippen LogP contribution in [0.15, 0.2) is 30.5 Å². The van der Waals surface area contributed by atoms with Crippen molar-refractivity contribution in [1.29, 1.82) is 0 Å². The van der Waals surface area contributed by atoms with E-state index in [1.807, 2.05) is 28.8 Å². The summed E-state index contributed by atoms with van der Waals surface area (Å²) in [7, 11) is 0. The lowest BCUT2D eigenvalue weighted by atomic mass is 10.1. The Kier molecular flexibility index (Phi) is 3.31. The van der Waals surface area contributed by atoms with E-state index in [1.165, 1.54) is 0 Å². The number of nitrogens with zero attached hydrogens (tertiary/aromatic N) is 3. The number of hydrogen-bond donors (Lipinski definition) is 1. The van der Waals surface area contributed by atoms with Crippen molar-refractivity contribution >= 4 is 34.7 Å². The van der Waals surface area contributed by atoms with Gasteiger partial charge in [-0.1, -0.05) is 25.4 Å². The maximum atomic E-state index is 6.23. The van der Waals surface area contributed by atoms with E-state index in [-0.39, 0.29) is 5.92 Å². The number of nitrogens with one attached hydrogen (secondary N) is 1. The molecule has 1 aromatic carbocycles. The molecule has 0 atom stereocenters. The zero-order valence-electron chi connectivity index (χ0n) is 11.1. The number of H-pyrrole nitrogens is 1. The predicted molar refractivity (Wildman–Crippen MR) is 83.1 cm³/mol. The highest BCUT2D eigenvalue weighted by Gasteiger charge is 2.15. The summed E-state index contributed by atoms with van der Waals surface area (Å²) >= 11 is 11.6. The van der Waals surface area contributed by atoms with Gasteiger partial charge in [0.25, 0.3) is 0 Å². The van der Waals surface area contributed by atoms with Gasteiger partial charge in [0.15, 0.2) is 4.77 Å². The second-order valence-electron chi connectivity index (χ2n) is 4.84. The minimum absolute atomic E-state index is 0.248. The van der Waals surface area contributed by atoms with Gasteiger partial charge >= 0.3 is 0 Å². The summed E-state index contributed by atoms with van der Waals surface area (Å²) in [6.07, 6.45) is 1.75. The smallest absolute Gasteiger partial charge is 0.199 e. The summed E-state index contributed by atoms with van der Waals surface area (Å²) in [5.41, 5.74) is 1.71. The van der Waals surface area contributed by atoms with Crippen LogP contribution in [0.3, 0.4) is 0 Å². The Morgan fingerprint density at radius 1 is 1.30 bits per heavy atom. The molecule has 0 aliphatic heterocycles. The molecule has 3 aromatic rings. The van der Waals surface area contributed by atoms with Crippen LogP contribution in [0.2, 0.25) is 5.02 Å². The molecule has 2 aromatic heterocycles. The van der Waals surface area contributed by atoms with Gasteiger partial charge < -0.3 is 0 Å². The van der Waals surface area contributed by atoms with Crippen LogP contribution < -0.4 is 0 Å². The lowest BCUT2D eigenvalue weighted by Crippen LogP contribution is -2.04. The zero-order valence-corrected chi connectivity index (χ0v) is 12.7. The largest absolute Gasteiger partial charge is 0.270 e.